The second kappa shape index (κ2) is 17.1. The quantitative estimate of drug-likeness (QED) is 0.186. The summed E-state index contributed by atoms with van der Waals surface area (Å²) in [5.74, 6) is 0.846. The average Bonchev–Trinajstić information content (AvgIpc) is 3.35. The number of rotatable bonds is 12. The van der Waals surface area contributed by atoms with Gasteiger partial charge in [0.15, 0.2) is 5.75 Å². The Bertz CT molecular complexity index is 1530. The van der Waals surface area contributed by atoms with E-state index >= 15 is 0 Å². The van der Waals surface area contributed by atoms with Crippen molar-refractivity contribution >= 4 is 52.7 Å². The standard InChI is InChI=1S/C26H36N3O2PS.C11H22N2O/c1-10-17-11-16(2)12-18-13-22(29(6)23(17)18)25(30)27-20-14-19(26(3,4)5)15-21(24(20)31-7)28-32(8)33-9;1-4-7-13(8-5-2)11(14)10-6-9-12(10)3/h11-15,28H,10H2,1-9H3,(H,27,30);10H,4-9H2,1-3H3. The Morgan fingerprint density at radius 1 is 1.04 bits per heavy atom. The maximum Gasteiger partial charge on any atom is 0.272 e. The highest BCUT2D eigenvalue weighted by molar-refractivity contribution is 8.55. The van der Waals surface area contributed by atoms with E-state index < -0.39 is 7.27 Å². The van der Waals surface area contributed by atoms with Crippen LogP contribution in [0.4, 0.5) is 11.4 Å². The Balaban J connectivity index is 0.000000358. The first kappa shape index (κ1) is 38.7. The molecule has 2 atom stereocenters. The molecule has 47 heavy (non-hydrogen) atoms. The number of likely N-dealkylation sites (N-methyl/N-ethyl adjacent to an activating group) is 1. The number of fused-ring (bicyclic) bond motifs is 1. The fraction of sp³-hybridized carbons (Fsp3) is 0.568. The van der Waals surface area contributed by atoms with Crippen LogP contribution < -0.4 is 15.1 Å². The number of hydrogen-bond donors (Lipinski definition) is 2. The molecule has 1 aliphatic heterocycles. The Morgan fingerprint density at radius 3 is 2.17 bits per heavy atom. The summed E-state index contributed by atoms with van der Waals surface area (Å²) in [7, 11) is 5.18. The zero-order valence-corrected chi connectivity index (χ0v) is 32.5. The molecule has 1 fully saturated rings. The van der Waals surface area contributed by atoms with Crippen LogP contribution in [0.25, 0.3) is 10.9 Å². The van der Waals surface area contributed by atoms with Gasteiger partial charge in [-0.3, -0.25) is 14.5 Å². The summed E-state index contributed by atoms with van der Waals surface area (Å²) in [6, 6.07) is 10.7. The molecule has 10 heteroatoms. The minimum Gasteiger partial charge on any atom is -0.492 e. The second-order valence-corrected chi connectivity index (χ2v) is 17.8. The number of likely N-dealkylation sites (tertiary alicyclic amines) is 1. The van der Waals surface area contributed by atoms with Crippen LogP contribution >= 0.6 is 18.7 Å². The molecule has 0 spiro atoms. The predicted molar refractivity (Wildman–Crippen MR) is 205 cm³/mol. The monoisotopic (exact) mass is 683 g/mol. The van der Waals surface area contributed by atoms with Crippen LogP contribution in [0.2, 0.25) is 0 Å². The number of benzene rings is 2. The number of hydrogen-bond acceptors (Lipinski definition) is 6. The van der Waals surface area contributed by atoms with Crippen LogP contribution in [-0.2, 0) is 23.7 Å². The van der Waals surface area contributed by atoms with E-state index in [0.29, 0.717) is 23.0 Å². The summed E-state index contributed by atoms with van der Waals surface area (Å²) < 4.78 is 7.79. The number of carbonyl (C=O) groups is 2. The highest BCUT2D eigenvalue weighted by atomic mass is 32.7. The summed E-state index contributed by atoms with van der Waals surface area (Å²) in [6.45, 7) is 20.1. The van der Waals surface area contributed by atoms with Gasteiger partial charge in [0.25, 0.3) is 5.91 Å². The lowest BCUT2D eigenvalue weighted by Crippen LogP contribution is -2.55. The zero-order valence-electron chi connectivity index (χ0n) is 30.8. The molecule has 0 aliphatic carbocycles. The fourth-order valence-corrected chi connectivity index (χ4v) is 7.19. The number of nitrogens with zero attached hydrogens (tertiary/aromatic N) is 3. The fourth-order valence-electron chi connectivity index (χ4n) is 6.03. The number of amides is 2. The highest BCUT2D eigenvalue weighted by Crippen LogP contribution is 2.48. The van der Waals surface area contributed by atoms with Crippen molar-refractivity contribution in [2.45, 2.75) is 85.6 Å². The Labute approximate surface area is 288 Å². The average molecular weight is 684 g/mol. The summed E-state index contributed by atoms with van der Waals surface area (Å²) in [4.78, 5) is 29.7. The minimum atomic E-state index is -0.459. The van der Waals surface area contributed by atoms with Crippen molar-refractivity contribution in [2.24, 2.45) is 7.05 Å². The summed E-state index contributed by atoms with van der Waals surface area (Å²) in [5.41, 5.74) is 6.84. The van der Waals surface area contributed by atoms with E-state index in [2.05, 4.69) is 94.9 Å². The van der Waals surface area contributed by atoms with Gasteiger partial charge < -0.3 is 24.6 Å². The molecule has 260 valence electrons. The molecule has 2 amide bonds. The Morgan fingerprint density at radius 2 is 1.68 bits per heavy atom. The van der Waals surface area contributed by atoms with Gasteiger partial charge in [-0.2, -0.15) is 0 Å². The first-order valence-corrected chi connectivity index (χ1v) is 20.5. The highest BCUT2D eigenvalue weighted by Gasteiger charge is 2.33. The molecule has 2 aromatic carbocycles. The number of carbonyl (C=O) groups excluding carboxylic acids is 2. The van der Waals surface area contributed by atoms with Gasteiger partial charge in [-0.15, -0.1) is 11.4 Å². The summed E-state index contributed by atoms with van der Waals surface area (Å²) >= 11 is 1.79. The number of methoxy groups -OCH3 is 1. The first-order chi connectivity index (χ1) is 22.2. The molecule has 2 N–H and O–H groups in total. The smallest absolute Gasteiger partial charge is 0.272 e. The maximum atomic E-state index is 13.5. The third-order valence-corrected chi connectivity index (χ3v) is 11.8. The van der Waals surface area contributed by atoms with Crippen molar-refractivity contribution in [3.8, 4) is 5.75 Å². The van der Waals surface area contributed by atoms with Gasteiger partial charge in [-0.1, -0.05) is 53.2 Å². The number of anilines is 2. The molecular formula is C37H58N5O3PS. The van der Waals surface area contributed by atoms with E-state index in [-0.39, 0.29) is 17.4 Å². The van der Waals surface area contributed by atoms with Crippen molar-refractivity contribution in [3.05, 3.63) is 52.7 Å². The van der Waals surface area contributed by atoms with Crippen LogP contribution in [0.3, 0.4) is 0 Å². The Hall–Kier alpha value is -2.74. The lowest BCUT2D eigenvalue weighted by molar-refractivity contribution is -0.140. The predicted octanol–water partition coefficient (Wildman–Crippen LogP) is 8.66. The summed E-state index contributed by atoms with van der Waals surface area (Å²) in [5, 5.41) is 7.82. The van der Waals surface area contributed by atoms with Gasteiger partial charge in [0, 0.05) is 39.3 Å². The van der Waals surface area contributed by atoms with E-state index in [1.54, 1.807) is 18.5 Å². The molecule has 0 radical (unpaired) electrons. The minimum absolute atomic E-state index is 0.0781. The lowest BCUT2D eigenvalue weighted by Gasteiger charge is -2.39. The van der Waals surface area contributed by atoms with Gasteiger partial charge in [-0.25, -0.2) is 0 Å². The first-order valence-electron chi connectivity index (χ1n) is 16.9. The van der Waals surface area contributed by atoms with Crippen molar-refractivity contribution in [3.63, 3.8) is 0 Å². The topological polar surface area (TPSA) is 78.8 Å². The van der Waals surface area contributed by atoms with Crippen LogP contribution in [0.5, 0.6) is 5.75 Å². The SMILES string of the molecule is CCCN(CCC)C(=O)C1CCN1C.CCc1cc(C)cc2cc(C(=O)Nc3cc(C(C)(C)C)cc(NP(C)SC)c3OC)n(C)c12. The molecule has 0 saturated carbocycles. The molecule has 2 heterocycles. The summed E-state index contributed by atoms with van der Waals surface area (Å²) in [6.07, 6.45) is 6.17. The van der Waals surface area contributed by atoms with Crippen molar-refractivity contribution in [1.82, 2.24) is 14.4 Å². The lowest BCUT2D eigenvalue weighted by atomic mass is 9.86. The molecule has 2 unspecified atom stereocenters. The molecule has 1 saturated heterocycles. The molecular weight excluding hydrogens is 625 g/mol. The van der Waals surface area contributed by atoms with Crippen molar-refractivity contribution in [1.29, 1.82) is 0 Å². The maximum absolute atomic E-state index is 13.5. The molecule has 8 nitrogen and oxygen atoms in total. The normalized spacial score (nSPS) is 15.4. The molecule has 1 aromatic heterocycles. The number of aromatic nitrogens is 1. The van der Waals surface area contributed by atoms with E-state index in [4.69, 9.17) is 4.74 Å². The second-order valence-electron chi connectivity index (χ2n) is 13.5. The molecule has 1 aliphatic rings. The van der Waals surface area contributed by atoms with E-state index in [0.717, 1.165) is 67.5 Å². The molecule has 4 rings (SSSR count). The van der Waals surface area contributed by atoms with Gasteiger partial charge in [0.2, 0.25) is 5.91 Å². The van der Waals surface area contributed by atoms with Crippen LogP contribution in [0, 0.1) is 6.92 Å². The van der Waals surface area contributed by atoms with Gasteiger partial charge in [0.05, 0.1) is 30.0 Å². The van der Waals surface area contributed by atoms with E-state index in [1.807, 2.05) is 35.7 Å². The van der Waals surface area contributed by atoms with Crippen molar-refractivity contribution in [2.75, 3.05) is 57.1 Å². The third-order valence-electron chi connectivity index (χ3n) is 8.80. The van der Waals surface area contributed by atoms with Gasteiger partial charge in [-0.05, 0) is 93.4 Å². The van der Waals surface area contributed by atoms with Crippen LogP contribution in [-0.4, -0.2) is 78.9 Å². The largest absolute Gasteiger partial charge is 0.492 e. The molecule has 3 aromatic rings. The van der Waals surface area contributed by atoms with Gasteiger partial charge >= 0.3 is 0 Å². The number of aryl methyl sites for hydroxylation is 3. The zero-order chi connectivity index (χ0) is 35.1. The number of ether oxygens (including phenoxy) is 1. The van der Waals surface area contributed by atoms with Crippen LogP contribution in [0.15, 0.2) is 30.3 Å². The molecule has 0 bridgehead atoms. The Kier molecular flexibility index (Phi) is 14.1. The third kappa shape index (κ3) is 9.45. The van der Waals surface area contributed by atoms with Crippen molar-refractivity contribution < 1.29 is 14.3 Å². The number of nitrogens with one attached hydrogen (secondary N) is 2. The van der Waals surface area contributed by atoms with Crippen LogP contribution in [0.1, 0.15) is 88.0 Å². The van der Waals surface area contributed by atoms with E-state index in [1.165, 1.54) is 11.1 Å². The van der Waals surface area contributed by atoms with Gasteiger partial charge in [0.1, 0.15) is 5.69 Å². The van der Waals surface area contributed by atoms with E-state index in [9.17, 15) is 9.59 Å².